The lowest BCUT2D eigenvalue weighted by Crippen LogP contribution is -2.01. The molecule has 0 heterocycles. The molecule has 0 aliphatic heterocycles. The molecule has 0 unspecified atom stereocenters. The van der Waals surface area contributed by atoms with Crippen molar-refractivity contribution >= 4 is 0 Å². The smallest absolute Gasteiger partial charge is 0.0273 e. The van der Waals surface area contributed by atoms with E-state index in [2.05, 4.69) is 39.0 Å². The van der Waals surface area contributed by atoms with Crippen molar-refractivity contribution in [1.82, 2.24) is 0 Å². The summed E-state index contributed by atoms with van der Waals surface area (Å²) < 4.78 is 0. The minimum atomic E-state index is 1.03. The van der Waals surface area contributed by atoms with Gasteiger partial charge in [-0.25, -0.2) is 0 Å². The SMILES string of the molecule is [CH2]CCc1c(CCCCCCCCCC)cccc1CCCCCCCCCC. The van der Waals surface area contributed by atoms with Crippen molar-refractivity contribution < 1.29 is 0 Å². The third-order valence-electron chi connectivity index (χ3n) is 6.40. The monoisotopic (exact) mass is 399 g/mol. The van der Waals surface area contributed by atoms with E-state index < -0.39 is 0 Å². The Morgan fingerprint density at radius 3 is 1.28 bits per heavy atom. The first-order chi connectivity index (χ1) is 14.3. The predicted molar refractivity (Wildman–Crippen MR) is 133 cm³/mol. The van der Waals surface area contributed by atoms with Crippen molar-refractivity contribution in [3.8, 4) is 0 Å². The summed E-state index contributed by atoms with van der Waals surface area (Å²) in [6.45, 7) is 8.75. The van der Waals surface area contributed by atoms with E-state index >= 15 is 0 Å². The van der Waals surface area contributed by atoms with E-state index in [1.165, 1.54) is 122 Å². The van der Waals surface area contributed by atoms with E-state index in [4.69, 9.17) is 0 Å². The molecule has 1 radical (unpaired) electrons. The van der Waals surface area contributed by atoms with Crippen LogP contribution in [0.2, 0.25) is 0 Å². The minimum absolute atomic E-state index is 1.03. The summed E-state index contributed by atoms with van der Waals surface area (Å²) in [5.41, 5.74) is 4.89. The zero-order valence-corrected chi connectivity index (χ0v) is 20.1. The maximum Gasteiger partial charge on any atom is -0.0273 e. The molecule has 0 saturated heterocycles. The number of benzene rings is 1. The van der Waals surface area contributed by atoms with E-state index in [1.807, 2.05) is 0 Å². The van der Waals surface area contributed by atoms with Crippen molar-refractivity contribution in [2.45, 2.75) is 142 Å². The molecule has 1 rings (SSSR count). The van der Waals surface area contributed by atoms with Gasteiger partial charge in [-0.1, -0.05) is 129 Å². The molecule has 29 heavy (non-hydrogen) atoms. The molecule has 0 aliphatic rings. The van der Waals surface area contributed by atoms with Crippen LogP contribution in [0, 0.1) is 6.92 Å². The largest absolute Gasteiger partial charge is 0.0654 e. The minimum Gasteiger partial charge on any atom is -0.0654 e. The van der Waals surface area contributed by atoms with E-state index in [0.29, 0.717) is 0 Å². The van der Waals surface area contributed by atoms with Crippen LogP contribution in [-0.2, 0) is 19.3 Å². The fourth-order valence-electron chi connectivity index (χ4n) is 4.55. The molecule has 0 fully saturated rings. The molecule has 0 N–H and O–H groups in total. The van der Waals surface area contributed by atoms with E-state index in [9.17, 15) is 0 Å². The highest BCUT2D eigenvalue weighted by Gasteiger charge is 2.08. The molecule has 0 aromatic heterocycles. The number of rotatable bonds is 20. The highest BCUT2D eigenvalue weighted by Crippen LogP contribution is 2.22. The van der Waals surface area contributed by atoms with Gasteiger partial charge in [0.1, 0.15) is 0 Å². The molecule has 0 saturated carbocycles. The molecule has 0 aliphatic carbocycles. The third-order valence-corrected chi connectivity index (χ3v) is 6.40. The molecule has 0 nitrogen and oxygen atoms in total. The summed E-state index contributed by atoms with van der Waals surface area (Å²) in [5, 5.41) is 0. The summed E-state index contributed by atoms with van der Waals surface area (Å²) >= 11 is 0. The molecule has 0 spiro atoms. The molecule has 1 aromatic rings. The van der Waals surface area contributed by atoms with Crippen LogP contribution in [0.3, 0.4) is 0 Å². The Morgan fingerprint density at radius 1 is 0.517 bits per heavy atom. The van der Waals surface area contributed by atoms with Crippen LogP contribution in [-0.4, -0.2) is 0 Å². The van der Waals surface area contributed by atoms with Crippen LogP contribution in [0.5, 0.6) is 0 Å². The van der Waals surface area contributed by atoms with E-state index in [0.717, 1.165) is 6.42 Å². The summed E-state index contributed by atoms with van der Waals surface area (Å²) in [6, 6.07) is 7.10. The quantitative estimate of drug-likeness (QED) is 0.191. The maximum absolute atomic E-state index is 4.15. The lowest BCUT2D eigenvalue weighted by atomic mass is 9.91. The average Bonchev–Trinajstić information content (AvgIpc) is 2.73. The van der Waals surface area contributed by atoms with Gasteiger partial charge in [0.2, 0.25) is 0 Å². The Hall–Kier alpha value is -0.780. The van der Waals surface area contributed by atoms with Crippen molar-refractivity contribution in [3.63, 3.8) is 0 Å². The Bertz CT molecular complexity index is 435. The standard InChI is InChI=1S/C29H51/c1-4-7-9-11-13-15-17-19-23-27-25-21-26-28(29(27)22-6-3)24-20-18-16-14-12-10-8-5-2/h21,25-26H,3-20,22-24H2,1-2H3. The highest BCUT2D eigenvalue weighted by atomic mass is 14.1. The number of unbranched alkanes of at least 4 members (excludes halogenated alkanes) is 14. The summed E-state index contributed by atoms with van der Waals surface area (Å²) in [4.78, 5) is 0. The third kappa shape index (κ3) is 13.2. The van der Waals surface area contributed by atoms with Crippen LogP contribution in [0.15, 0.2) is 18.2 Å². The van der Waals surface area contributed by atoms with Gasteiger partial charge in [0.15, 0.2) is 0 Å². The van der Waals surface area contributed by atoms with Crippen molar-refractivity contribution in [2.75, 3.05) is 0 Å². The molecule has 0 heteroatoms. The Balaban J connectivity index is 2.32. The van der Waals surface area contributed by atoms with Gasteiger partial charge in [-0.3, -0.25) is 0 Å². The molecule has 0 bridgehead atoms. The molecular weight excluding hydrogens is 348 g/mol. The average molecular weight is 400 g/mol. The summed E-state index contributed by atoms with van der Waals surface area (Å²) in [6.07, 6.45) is 27.3. The summed E-state index contributed by atoms with van der Waals surface area (Å²) in [7, 11) is 0. The molecule has 0 amide bonds. The second-order valence-corrected chi connectivity index (χ2v) is 9.11. The van der Waals surface area contributed by atoms with Crippen molar-refractivity contribution in [2.24, 2.45) is 0 Å². The van der Waals surface area contributed by atoms with Gasteiger partial charge in [0.25, 0.3) is 0 Å². The van der Waals surface area contributed by atoms with Gasteiger partial charge in [-0.15, -0.1) is 0 Å². The fraction of sp³-hybridized carbons (Fsp3) is 0.759. The predicted octanol–water partition coefficient (Wildman–Crippen LogP) is 9.82. The molecule has 167 valence electrons. The van der Waals surface area contributed by atoms with Gasteiger partial charge >= 0.3 is 0 Å². The van der Waals surface area contributed by atoms with Crippen LogP contribution < -0.4 is 0 Å². The lowest BCUT2D eigenvalue weighted by molar-refractivity contribution is 0.572. The van der Waals surface area contributed by atoms with Crippen LogP contribution >= 0.6 is 0 Å². The normalized spacial score (nSPS) is 11.3. The van der Waals surface area contributed by atoms with Crippen molar-refractivity contribution in [3.05, 3.63) is 41.8 Å². The van der Waals surface area contributed by atoms with Gasteiger partial charge in [-0.05, 0) is 55.2 Å². The highest BCUT2D eigenvalue weighted by molar-refractivity contribution is 5.36. The van der Waals surface area contributed by atoms with Gasteiger partial charge in [0, 0.05) is 0 Å². The second-order valence-electron chi connectivity index (χ2n) is 9.11. The van der Waals surface area contributed by atoms with Crippen LogP contribution in [0.1, 0.15) is 140 Å². The van der Waals surface area contributed by atoms with Gasteiger partial charge in [0.05, 0.1) is 0 Å². The Morgan fingerprint density at radius 2 is 0.897 bits per heavy atom. The summed E-state index contributed by atoms with van der Waals surface area (Å²) in [5.74, 6) is 0. The van der Waals surface area contributed by atoms with Gasteiger partial charge in [-0.2, -0.15) is 0 Å². The number of aryl methyl sites for hydroxylation is 2. The lowest BCUT2D eigenvalue weighted by Gasteiger charge is -2.15. The molecular formula is C29H51. The first-order valence-corrected chi connectivity index (χ1v) is 13.2. The van der Waals surface area contributed by atoms with Gasteiger partial charge < -0.3 is 0 Å². The second kappa shape index (κ2) is 19.2. The fourth-order valence-corrected chi connectivity index (χ4v) is 4.55. The number of hydrogen-bond acceptors (Lipinski definition) is 0. The molecule has 1 aromatic carbocycles. The Kier molecular flexibility index (Phi) is 17.4. The maximum atomic E-state index is 4.15. The first kappa shape index (κ1) is 26.3. The van der Waals surface area contributed by atoms with Crippen molar-refractivity contribution in [1.29, 1.82) is 0 Å². The zero-order valence-electron chi connectivity index (χ0n) is 20.1. The van der Waals surface area contributed by atoms with Crippen LogP contribution in [0.25, 0.3) is 0 Å². The zero-order chi connectivity index (χ0) is 21.0. The molecule has 0 atom stereocenters. The number of hydrogen-bond donors (Lipinski definition) is 0. The van der Waals surface area contributed by atoms with E-state index in [1.54, 1.807) is 16.7 Å². The Labute approximate surface area is 184 Å². The first-order valence-electron chi connectivity index (χ1n) is 13.2. The topological polar surface area (TPSA) is 0 Å². The van der Waals surface area contributed by atoms with Crippen LogP contribution in [0.4, 0.5) is 0 Å². The van der Waals surface area contributed by atoms with E-state index in [-0.39, 0.29) is 0 Å².